The molecule has 0 spiro atoms. The van der Waals surface area contributed by atoms with Crippen LogP contribution in [0.15, 0.2) is 84.6 Å². The first-order valence-corrected chi connectivity index (χ1v) is 11.0. The van der Waals surface area contributed by atoms with Crippen LogP contribution in [0.1, 0.15) is 27.9 Å². The van der Waals surface area contributed by atoms with E-state index in [-0.39, 0.29) is 18.1 Å². The van der Waals surface area contributed by atoms with Gasteiger partial charge in [0.1, 0.15) is 5.70 Å². The van der Waals surface area contributed by atoms with Crippen molar-refractivity contribution in [2.75, 3.05) is 0 Å². The number of nitriles is 1. The number of hydrogen-bond donors (Lipinski definition) is 1. The molecule has 1 N–H and O–H groups in total. The van der Waals surface area contributed by atoms with Gasteiger partial charge in [-0.25, -0.2) is 4.79 Å². The van der Waals surface area contributed by atoms with E-state index in [4.69, 9.17) is 0 Å². The average Bonchev–Trinajstić information content (AvgIpc) is 3.28. The molecule has 0 aliphatic carbocycles. The highest BCUT2D eigenvalue weighted by Gasteiger charge is 2.34. The zero-order chi connectivity index (χ0) is 23.7. The Bertz CT molecular complexity index is 1490. The van der Waals surface area contributed by atoms with Gasteiger partial charge in [0.2, 0.25) is 0 Å². The van der Waals surface area contributed by atoms with Gasteiger partial charge in [-0.05, 0) is 36.3 Å². The maximum atomic E-state index is 13.1. The summed E-state index contributed by atoms with van der Waals surface area (Å²) in [6, 6.07) is 26.8. The molecular formula is C28H22N4O2. The molecule has 1 saturated heterocycles. The lowest BCUT2D eigenvalue weighted by molar-refractivity contribution is -0.123. The van der Waals surface area contributed by atoms with E-state index < -0.39 is 6.03 Å². The van der Waals surface area contributed by atoms with Gasteiger partial charge in [0, 0.05) is 28.7 Å². The molecule has 0 radical (unpaired) electrons. The summed E-state index contributed by atoms with van der Waals surface area (Å²) in [7, 11) is 0. The fraction of sp³-hybridized carbons (Fsp3) is 0.107. The van der Waals surface area contributed by atoms with Crippen molar-refractivity contribution in [1.29, 1.82) is 5.26 Å². The van der Waals surface area contributed by atoms with Crippen molar-refractivity contribution in [3.05, 3.63) is 113 Å². The predicted molar refractivity (Wildman–Crippen MR) is 130 cm³/mol. The maximum Gasteiger partial charge on any atom is 0.329 e. The van der Waals surface area contributed by atoms with Gasteiger partial charge in [0.05, 0.1) is 18.2 Å². The van der Waals surface area contributed by atoms with Crippen LogP contribution < -0.4 is 5.32 Å². The second kappa shape index (κ2) is 8.72. The Labute approximate surface area is 197 Å². The molecule has 3 amide bonds. The van der Waals surface area contributed by atoms with Gasteiger partial charge in [-0.2, -0.15) is 5.26 Å². The van der Waals surface area contributed by atoms with Crippen LogP contribution in [0.3, 0.4) is 0 Å². The average molecular weight is 447 g/mol. The summed E-state index contributed by atoms with van der Waals surface area (Å²) in [5.41, 5.74) is 5.51. The van der Waals surface area contributed by atoms with Crippen LogP contribution in [-0.2, 0) is 17.9 Å². The Kier molecular flexibility index (Phi) is 5.44. The zero-order valence-corrected chi connectivity index (χ0v) is 18.7. The van der Waals surface area contributed by atoms with Crippen molar-refractivity contribution < 1.29 is 9.59 Å². The lowest BCUT2D eigenvalue weighted by Crippen LogP contribution is -2.30. The fourth-order valence-corrected chi connectivity index (χ4v) is 4.41. The molecule has 5 rings (SSSR count). The molecule has 1 aliphatic rings. The third-order valence-corrected chi connectivity index (χ3v) is 6.18. The van der Waals surface area contributed by atoms with Crippen LogP contribution in [0.4, 0.5) is 4.79 Å². The maximum absolute atomic E-state index is 13.1. The number of benzene rings is 3. The predicted octanol–water partition coefficient (Wildman–Crippen LogP) is 4.96. The quantitative estimate of drug-likeness (QED) is 0.348. The Hall–Kier alpha value is -4.63. The van der Waals surface area contributed by atoms with E-state index in [1.807, 2.05) is 85.8 Å². The second-order valence-corrected chi connectivity index (χ2v) is 8.24. The Morgan fingerprint density at radius 2 is 1.62 bits per heavy atom. The first-order chi connectivity index (χ1) is 16.6. The van der Waals surface area contributed by atoms with E-state index in [0.717, 1.165) is 33.3 Å². The van der Waals surface area contributed by atoms with Crippen molar-refractivity contribution in [2.45, 2.75) is 20.0 Å². The highest BCUT2D eigenvalue weighted by atomic mass is 16.2. The van der Waals surface area contributed by atoms with Gasteiger partial charge in [0.25, 0.3) is 5.91 Å². The monoisotopic (exact) mass is 446 g/mol. The number of rotatable bonds is 5. The number of carbonyl (C=O) groups excluding carboxylic acids is 2. The van der Waals surface area contributed by atoms with Gasteiger partial charge in [-0.3, -0.25) is 9.69 Å². The molecule has 1 fully saturated rings. The molecule has 1 aliphatic heterocycles. The van der Waals surface area contributed by atoms with E-state index in [9.17, 15) is 14.9 Å². The molecule has 0 unspecified atom stereocenters. The molecule has 0 atom stereocenters. The number of urea groups is 1. The minimum Gasteiger partial charge on any atom is -0.340 e. The third-order valence-electron chi connectivity index (χ3n) is 6.18. The minimum atomic E-state index is -0.426. The van der Waals surface area contributed by atoms with Gasteiger partial charge in [-0.1, -0.05) is 66.7 Å². The van der Waals surface area contributed by atoms with Crippen molar-refractivity contribution in [1.82, 2.24) is 14.8 Å². The largest absolute Gasteiger partial charge is 0.340 e. The van der Waals surface area contributed by atoms with Crippen LogP contribution in [0.5, 0.6) is 0 Å². The summed E-state index contributed by atoms with van der Waals surface area (Å²) >= 11 is 0. The molecule has 0 bridgehead atoms. The fourth-order valence-electron chi connectivity index (χ4n) is 4.41. The van der Waals surface area contributed by atoms with Crippen LogP contribution >= 0.6 is 0 Å². The number of nitrogens with one attached hydrogen (secondary N) is 1. The SMILES string of the molecule is Cc1c(/C=C2\NC(=O)N(Cc3ccccc3)C2=O)c2ccccc2n1Cc1ccccc1C#N. The molecule has 1 aromatic heterocycles. The van der Waals surface area contributed by atoms with E-state index in [1.54, 1.807) is 6.08 Å². The molecule has 6 heteroatoms. The Morgan fingerprint density at radius 3 is 2.41 bits per heavy atom. The number of nitrogens with zero attached hydrogens (tertiary/aromatic N) is 3. The number of aromatic nitrogens is 1. The van der Waals surface area contributed by atoms with Gasteiger partial charge in [-0.15, -0.1) is 0 Å². The highest BCUT2D eigenvalue weighted by Crippen LogP contribution is 2.30. The zero-order valence-electron chi connectivity index (χ0n) is 18.7. The van der Waals surface area contributed by atoms with Crippen molar-refractivity contribution in [3.63, 3.8) is 0 Å². The van der Waals surface area contributed by atoms with Crippen LogP contribution in [-0.4, -0.2) is 21.4 Å². The van der Waals surface area contributed by atoms with E-state index in [1.165, 1.54) is 4.90 Å². The first kappa shape index (κ1) is 21.2. The number of carbonyl (C=O) groups is 2. The normalized spacial score (nSPS) is 14.6. The van der Waals surface area contributed by atoms with Crippen LogP contribution in [0.2, 0.25) is 0 Å². The topological polar surface area (TPSA) is 78.1 Å². The van der Waals surface area contributed by atoms with Gasteiger partial charge < -0.3 is 9.88 Å². The first-order valence-electron chi connectivity index (χ1n) is 11.0. The summed E-state index contributed by atoms with van der Waals surface area (Å²) in [6.45, 7) is 2.73. The lowest BCUT2D eigenvalue weighted by Gasteiger charge is -2.11. The Balaban J connectivity index is 1.53. The molecule has 0 saturated carbocycles. The van der Waals surface area contributed by atoms with Crippen LogP contribution in [0, 0.1) is 18.3 Å². The lowest BCUT2D eigenvalue weighted by atomic mass is 10.1. The third kappa shape index (κ3) is 3.74. The van der Waals surface area contributed by atoms with E-state index >= 15 is 0 Å². The standard InChI is InChI=1S/C28H22N4O2/c1-19-24(15-25-27(33)32(28(34)30-25)17-20-9-3-2-4-10-20)23-13-7-8-14-26(23)31(19)18-22-12-6-5-11-21(22)16-29/h2-15H,17-18H2,1H3,(H,30,34)/b25-15-. The van der Waals surface area contributed by atoms with Crippen molar-refractivity contribution in [3.8, 4) is 6.07 Å². The van der Waals surface area contributed by atoms with E-state index in [2.05, 4.69) is 16.0 Å². The summed E-state index contributed by atoms with van der Waals surface area (Å²) < 4.78 is 2.14. The summed E-state index contributed by atoms with van der Waals surface area (Å²) in [4.78, 5) is 26.9. The van der Waals surface area contributed by atoms with Crippen LogP contribution in [0.25, 0.3) is 17.0 Å². The number of imide groups is 1. The highest BCUT2D eigenvalue weighted by molar-refractivity contribution is 6.14. The molecule has 3 aromatic carbocycles. The summed E-state index contributed by atoms with van der Waals surface area (Å²) in [5.74, 6) is -0.347. The van der Waals surface area contributed by atoms with Crippen molar-refractivity contribution >= 4 is 28.9 Å². The Morgan fingerprint density at radius 1 is 0.912 bits per heavy atom. The summed E-state index contributed by atoms with van der Waals surface area (Å²) in [6.07, 6.45) is 1.76. The van der Waals surface area contributed by atoms with E-state index in [0.29, 0.717) is 12.1 Å². The molecule has 2 heterocycles. The van der Waals surface area contributed by atoms with Crippen molar-refractivity contribution in [2.24, 2.45) is 0 Å². The van der Waals surface area contributed by atoms with Gasteiger partial charge >= 0.3 is 6.03 Å². The molecule has 166 valence electrons. The summed E-state index contributed by atoms with van der Waals surface area (Å²) in [5, 5.41) is 13.2. The number of hydrogen-bond acceptors (Lipinski definition) is 3. The molecule has 4 aromatic rings. The number of fused-ring (bicyclic) bond motifs is 1. The molecule has 34 heavy (non-hydrogen) atoms. The number of amides is 3. The molecule has 6 nitrogen and oxygen atoms in total. The molecular weight excluding hydrogens is 424 g/mol. The van der Waals surface area contributed by atoms with Gasteiger partial charge in [0.15, 0.2) is 0 Å². The smallest absolute Gasteiger partial charge is 0.329 e. The second-order valence-electron chi connectivity index (χ2n) is 8.24. The number of para-hydroxylation sites is 1. The minimum absolute atomic E-state index is 0.217.